The minimum absolute atomic E-state index is 0.221. The van der Waals surface area contributed by atoms with Crippen LogP contribution in [-0.4, -0.2) is 29.2 Å². The average Bonchev–Trinajstić information content (AvgIpc) is 3.27. The Morgan fingerprint density at radius 2 is 1.66 bits per heavy atom. The van der Waals surface area contributed by atoms with Crippen molar-refractivity contribution < 1.29 is 4.79 Å². The zero-order valence-electron chi connectivity index (χ0n) is 19.2. The molecule has 1 heterocycles. The predicted molar refractivity (Wildman–Crippen MR) is 149 cm³/mol. The molecule has 0 saturated carbocycles. The van der Waals surface area contributed by atoms with E-state index in [4.69, 9.17) is 23.8 Å². The highest BCUT2D eigenvalue weighted by molar-refractivity contribution is 7.80. The molecular weight excluding hydrogens is 478 g/mol. The summed E-state index contributed by atoms with van der Waals surface area (Å²) < 4.78 is 0. The smallest absolute Gasteiger partial charge is 0.319 e. The van der Waals surface area contributed by atoms with Gasteiger partial charge in [-0.2, -0.15) is 0 Å². The monoisotopic (exact) mass is 505 g/mol. The number of rotatable bonds is 9. The summed E-state index contributed by atoms with van der Waals surface area (Å²) in [4.78, 5) is 15.4. The Hall–Kier alpha value is -3.55. The molecule has 180 valence electrons. The Morgan fingerprint density at radius 3 is 2.51 bits per heavy atom. The van der Waals surface area contributed by atoms with Crippen molar-refractivity contribution >= 4 is 57.2 Å². The number of halogens is 1. The van der Waals surface area contributed by atoms with Crippen LogP contribution in [0.5, 0.6) is 0 Å². The molecule has 6 nitrogen and oxygen atoms in total. The van der Waals surface area contributed by atoms with Gasteiger partial charge >= 0.3 is 6.03 Å². The van der Waals surface area contributed by atoms with Gasteiger partial charge in [-0.3, -0.25) is 0 Å². The second-order valence-corrected chi connectivity index (χ2v) is 8.99. The lowest BCUT2D eigenvalue weighted by Crippen LogP contribution is -2.31. The van der Waals surface area contributed by atoms with Crippen LogP contribution in [0, 0.1) is 0 Å². The van der Waals surface area contributed by atoms with Gasteiger partial charge in [-0.1, -0.05) is 48.0 Å². The molecule has 2 amide bonds. The maximum absolute atomic E-state index is 12.1. The Bertz CT molecular complexity index is 1290. The molecule has 0 atom stereocenters. The predicted octanol–water partition coefficient (Wildman–Crippen LogP) is 6.10. The number of hydrogen-bond acceptors (Lipinski definition) is 2. The van der Waals surface area contributed by atoms with Gasteiger partial charge in [0, 0.05) is 46.6 Å². The standard InChI is InChI=1S/C27H28ClN5OS/c28-21-12-13-24(19(17-21)7-6-15-29-26(34)32-22-8-2-1-3-9-22)33-27(35)30-16-14-20-18-31-25-11-5-4-10-23(20)25/h1-5,8-13,17-18,31H,6-7,14-16H2,(H2,29,32,34)(H2,30,33,35). The summed E-state index contributed by atoms with van der Waals surface area (Å²) in [6.45, 7) is 1.26. The molecule has 0 saturated heterocycles. The quantitative estimate of drug-likeness (QED) is 0.140. The summed E-state index contributed by atoms with van der Waals surface area (Å²) in [6, 6.07) is 23.1. The lowest BCUT2D eigenvalue weighted by molar-refractivity contribution is 0.252. The maximum atomic E-state index is 12.1. The van der Waals surface area contributed by atoms with E-state index in [2.05, 4.69) is 38.4 Å². The molecule has 0 aliphatic rings. The summed E-state index contributed by atoms with van der Waals surface area (Å²) in [5, 5.41) is 14.7. The second-order valence-electron chi connectivity index (χ2n) is 8.14. The second kappa shape index (κ2) is 12.2. The Balaban J connectivity index is 1.23. The molecule has 0 aliphatic carbocycles. The fourth-order valence-electron chi connectivity index (χ4n) is 3.88. The van der Waals surface area contributed by atoms with Gasteiger partial charge in [0.1, 0.15) is 0 Å². The SMILES string of the molecule is O=C(NCCCc1cc(Cl)ccc1NC(=S)NCCc1c[nH]c2ccccc12)Nc1ccccc1. The first-order valence-electron chi connectivity index (χ1n) is 11.6. The number of para-hydroxylation sites is 2. The zero-order valence-corrected chi connectivity index (χ0v) is 20.8. The topological polar surface area (TPSA) is 81.0 Å². The molecule has 0 radical (unpaired) electrons. The largest absolute Gasteiger partial charge is 0.362 e. The van der Waals surface area contributed by atoms with Crippen LogP contribution in [0.1, 0.15) is 17.5 Å². The number of aromatic amines is 1. The number of carbonyl (C=O) groups is 1. The molecule has 0 bridgehead atoms. The van der Waals surface area contributed by atoms with Crippen LogP contribution in [0.15, 0.2) is 79.0 Å². The minimum Gasteiger partial charge on any atom is -0.362 e. The van der Waals surface area contributed by atoms with E-state index in [9.17, 15) is 4.79 Å². The fraction of sp³-hybridized carbons (Fsp3) is 0.185. The minimum atomic E-state index is -0.221. The van der Waals surface area contributed by atoms with Crippen LogP contribution in [-0.2, 0) is 12.8 Å². The van der Waals surface area contributed by atoms with Crippen molar-refractivity contribution in [1.82, 2.24) is 15.6 Å². The van der Waals surface area contributed by atoms with Gasteiger partial charge < -0.3 is 26.3 Å². The number of urea groups is 1. The van der Waals surface area contributed by atoms with E-state index in [1.807, 2.05) is 66.9 Å². The number of aromatic nitrogens is 1. The van der Waals surface area contributed by atoms with E-state index in [1.54, 1.807) is 0 Å². The summed E-state index contributed by atoms with van der Waals surface area (Å²) in [5.41, 5.74) is 5.11. The van der Waals surface area contributed by atoms with Crippen molar-refractivity contribution in [1.29, 1.82) is 0 Å². The number of nitrogens with one attached hydrogen (secondary N) is 5. The van der Waals surface area contributed by atoms with Crippen molar-refractivity contribution in [3.63, 3.8) is 0 Å². The third-order valence-corrected chi connectivity index (χ3v) is 6.09. The third-order valence-electron chi connectivity index (χ3n) is 5.61. The van der Waals surface area contributed by atoms with Crippen LogP contribution >= 0.6 is 23.8 Å². The first-order valence-corrected chi connectivity index (χ1v) is 12.4. The van der Waals surface area contributed by atoms with Crippen molar-refractivity contribution in [2.75, 3.05) is 23.7 Å². The summed E-state index contributed by atoms with van der Waals surface area (Å²) in [5.74, 6) is 0. The fourth-order valence-corrected chi connectivity index (χ4v) is 4.29. The lowest BCUT2D eigenvalue weighted by atomic mass is 10.1. The van der Waals surface area contributed by atoms with Gasteiger partial charge in [-0.25, -0.2) is 4.79 Å². The van der Waals surface area contributed by atoms with Crippen molar-refractivity contribution in [2.24, 2.45) is 0 Å². The van der Waals surface area contributed by atoms with Gasteiger partial charge in [0.25, 0.3) is 0 Å². The number of hydrogen-bond donors (Lipinski definition) is 5. The normalized spacial score (nSPS) is 10.7. The van der Waals surface area contributed by atoms with Crippen LogP contribution in [0.25, 0.3) is 10.9 Å². The van der Waals surface area contributed by atoms with Crippen molar-refractivity contribution in [2.45, 2.75) is 19.3 Å². The molecule has 0 spiro atoms. The van der Waals surface area contributed by atoms with E-state index < -0.39 is 0 Å². The molecule has 4 aromatic rings. The van der Waals surface area contributed by atoms with Crippen LogP contribution in [0.3, 0.4) is 0 Å². The van der Waals surface area contributed by atoms with Gasteiger partial charge in [0.15, 0.2) is 5.11 Å². The first kappa shape index (κ1) is 24.6. The molecule has 4 rings (SSSR count). The summed E-state index contributed by atoms with van der Waals surface area (Å²) in [7, 11) is 0. The Labute approximate surface area is 215 Å². The molecule has 0 unspecified atom stereocenters. The van der Waals surface area contributed by atoms with Crippen LogP contribution < -0.4 is 21.3 Å². The number of carbonyl (C=O) groups excluding carboxylic acids is 1. The summed E-state index contributed by atoms with van der Waals surface area (Å²) >= 11 is 11.8. The highest BCUT2D eigenvalue weighted by Gasteiger charge is 2.08. The highest BCUT2D eigenvalue weighted by atomic mass is 35.5. The van der Waals surface area contributed by atoms with Crippen molar-refractivity contribution in [3.8, 4) is 0 Å². The molecule has 5 N–H and O–H groups in total. The number of amides is 2. The molecule has 8 heteroatoms. The van der Waals surface area contributed by atoms with E-state index >= 15 is 0 Å². The lowest BCUT2D eigenvalue weighted by Gasteiger charge is -2.15. The van der Waals surface area contributed by atoms with Crippen LogP contribution in [0.2, 0.25) is 5.02 Å². The van der Waals surface area contributed by atoms with E-state index in [1.165, 1.54) is 10.9 Å². The van der Waals surface area contributed by atoms with Gasteiger partial charge in [0.2, 0.25) is 0 Å². The van der Waals surface area contributed by atoms with Crippen LogP contribution in [0.4, 0.5) is 16.2 Å². The van der Waals surface area contributed by atoms with E-state index in [0.29, 0.717) is 16.7 Å². The van der Waals surface area contributed by atoms with E-state index in [0.717, 1.165) is 48.3 Å². The van der Waals surface area contributed by atoms with E-state index in [-0.39, 0.29) is 6.03 Å². The molecule has 1 aromatic heterocycles. The van der Waals surface area contributed by atoms with Gasteiger partial charge in [-0.15, -0.1) is 0 Å². The molecule has 0 aliphatic heterocycles. The van der Waals surface area contributed by atoms with Gasteiger partial charge in [-0.05, 0) is 79.0 Å². The number of aryl methyl sites for hydroxylation is 1. The molecule has 35 heavy (non-hydrogen) atoms. The number of anilines is 2. The highest BCUT2D eigenvalue weighted by Crippen LogP contribution is 2.22. The Morgan fingerprint density at radius 1 is 0.857 bits per heavy atom. The summed E-state index contributed by atoms with van der Waals surface area (Å²) in [6.07, 6.45) is 4.41. The van der Waals surface area contributed by atoms with Gasteiger partial charge in [0.05, 0.1) is 0 Å². The zero-order chi connectivity index (χ0) is 24.5. The number of fused-ring (bicyclic) bond motifs is 1. The third kappa shape index (κ3) is 7.21. The first-order chi connectivity index (χ1) is 17.1. The molecular formula is C27H28ClN5OS. The molecule has 0 fully saturated rings. The molecule has 3 aromatic carbocycles. The Kier molecular flexibility index (Phi) is 8.59. The number of benzene rings is 3. The maximum Gasteiger partial charge on any atom is 0.319 e. The average molecular weight is 506 g/mol. The number of H-pyrrole nitrogens is 1. The number of thiocarbonyl (C=S) groups is 1. The van der Waals surface area contributed by atoms with Crippen molar-refractivity contribution in [3.05, 3.63) is 95.1 Å².